The summed E-state index contributed by atoms with van der Waals surface area (Å²) in [5.74, 6) is 2.30. The number of benzene rings is 4. The predicted octanol–water partition coefficient (Wildman–Crippen LogP) is 8.06. The Labute approximate surface area is 263 Å². The molecule has 0 bridgehead atoms. The molecule has 7 nitrogen and oxygen atoms in total. The molecule has 1 atom stereocenters. The first kappa shape index (κ1) is 31.0. The van der Waals surface area contributed by atoms with Crippen molar-refractivity contribution in [1.82, 2.24) is 4.90 Å². The maximum absolute atomic E-state index is 13.6. The molecule has 8 heteroatoms. The topological polar surface area (TPSA) is 66.5 Å². The van der Waals surface area contributed by atoms with Crippen molar-refractivity contribution in [2.45, 2.75) is 31.1 Å². The number of thioether (sulfide) groups is 1. The average molecular weight is 612 g/mol. The minimum Gasteiger partial charge on any atom is -0.496 e. The van der Waals surface area contributed by atoms with Crippen LogP contribution in [0.1, 0.15) is 33.9 Å². The van der Waals surface area contributed by atoms with E-state index in [9.17, 15) is 4.79 Å². The van der Waals surface area contributed by atoms with E-state index in [1.165, 1.54) is 7.11 Å². The van der Waals surface area contributed by atoms with Crippen molar-refractivity contribution < 1.29 is 28.5 Å². The summed E-state index contributed by atoms with van der Waals surface area (Å²) in [5.41, 5.74) is 5.14. The smallest absolute Gasteiger partial charge is 0.414 e. The van der Waals surface area contributed by atoms with Gasteiger partial charge in [-0.25, -0.2) is 4.79 Å². The van der Waals surface area contributed by atoms with Crippen LogP contribution in [0.3, 0.4) is 0 Å². The maximum Gasteiger partial charge on any atom is 0.414 e. The van der Waals surface area contributed by atoms with Crippen LogP contribution in [0.4, 0.5) is 4.79 Å². The Hall–Kier alpha value is -4.40. The van der Waals surface area contributed by atoms with Crippen molar-refractivity contribution in [2.24, 2.45) is 0 Å². The number of amides is 1. The van der Waals surface area contributed by atoms with Crippen LogP contribution in [0.2, 0.25) is 0 Å². The van der Waals surface area contributed by atoms with E-state index in [-0.39, 0.29) is 6.61 Å². The van der Waals surface area contributed by atoms with Crippen LogP contribution in [0, 0.1) is 6.92 Å². The number of carbonyl (C=O) groups excluding carboxylic acids is 1. The molecule has 0 aliphatic carbocycles. The fourth-order valence-corrected chi connectivity index (χ4v) is 6.43. The molecule has 1 aliphatic heterocycles. The Morgan fingerprint density at radius 3 is 1.93 bits per heavy atom. The summed E-state index contributed by atoms with van der Waals surface area (Å²) in [4.78, 5) is 16.4. The van der Waals surface area contributed by atoms with E-state index in [2.05, 4.69) is 12.1 Å². The molecule has 1 unspecified atom stereocenters. The molecule has 0 N–H and O–H groups in total. The Balaban J connectivity index is 1.63. The van der Waals surface area contributed by atoms with Gasteiger partial charge in [-0.15, -0.1) is 11.8 Å². The lowest BCUT2D eigenvalue weighted by Gasteiger charge is -2.38. The van der Waals surface area contributed by atoms with Crippen molar-refractivity contribution in [1.29, 1.82) is 0 Å². The highest BCUT2D eigenvalue weighted by Crippen LogP contribution is 2.52. The highest BCUT2D eigenvalue weighted by molar-refractivity contribution is 7.99. The number of hydrogen-bond donors (Lipinski definition) is 0. The molecule has 44 heavy (non-hydrogen) atoms. The molecule has 0 aromatic heterocycles. The normalized spacial score (nSPS) is 14.0. The van der Waals surface area contributed by atoms with Gasteiger partial charge in [-0.2, -0.15) is 0 Å². The second-order valence-electron chi connectivity index (χ2n) is 10.2. The van der Waals surface area contributed by atoms with Crippen LogP contribution in [-0.2, 0) is 22.7 Å². The Morgan fingerprint density at radius 1 is 0.750 bits per heavy atom. The standard InChI is InChI=1S/C36H37NO6S/c1-25-33(39-2)30-20-28(23-42-21-26-14-8-5-9-15-26)37(36(38)41-4)31(24-44-29-18-12-7-13-19-29)32(30)35(34(25)40-3)43-22-27-16-10-6-11-17-27/h5-20,31H,21-24H2,1-4H3. The molecule has 1 aliphatic rings. The molecule has 5 rings (SSSR count). The number of carbonyl (C=O) groups is 1. The van der Waals surface area contributed by atoms with Gasteiger partial charge in [0, 0.05) is 27.3 Å². The molecule has 4 aromatic carbocycles. The van der Waals surface area contributed by atoms with Gasteiger partial charge < -0.3 is 23.7 Å². The average Bonchev–Trinajstić information content (AvgIpc) is 3.07. The summed E-state index contributed by atoms with van der Waals surface area (Å²) in [5, 5.41) is 0. The van der Waals surface area contributed by atoms with Crippen LogP contribution >= 0.6 is 11.8 Å². The SMILES string of the molecule is COC(=O)N1C(COCc2ccccc2)=Cc2c(OC)c(C)c(OC)c(OCc3ccccc3)c2C1CSc1ccccc1. The maximum atomic E-state index is 13.6. The Morgan fingerprint density at radius 2 is 1.34 bits per heavy atom. The summed E-state index contributed by atoms with van der Waals surface area (Å²) in [6.45, 7) is 2.86. The first-order valence-corrected chi connectivity index (χ1v) is 15.4. The summed E-state index contributed by atoms with van der Waals surface area (Å²) < 4.78 is 30.1. The van der Waals surface area contributed by atoms with E-state index in [1.54, 1.807) is 30.9 Å². The summed E-state index contributed by atoms with van der Waals surface area (Å²) in [7, 11) is 4.66. The zero-order valence-electron chi connectivity index (χ0n) is 25.4. The first-order chi connectivity index (χ1) is 21.5. The van der Waals surface area contributed by atoms with Crippen molar-refractivity contribution in [3.8, 4) is 17.2 Å². The van der Waals surface area contributed by atoms with Crippen molar-refractivity contribution in [3.05, 3.63) is 125 Å². The first-order valence-electron chi connectivity index (χ1n) is 14.4. The highest BCUT2D eigenvalue weighted by Gasteiger charge is 2.40. The van der Waals surface area contributed by atoms with E-state index in [4.69, 9.17) is 23.7 Å². The third-order valence-corrected chi connectivity index (χ3v) is 8.54. The fraction of sp³-hybridized carbons (Fsp3) is 0.250. The number of methoxy groups -OCH3 is 3. The zero-order valence-corrected chi connectivity index (χ0v) is 26.3. The van der Waals surface area contributed by atoms with Crippen LogP contribution in [0.5, 0.6) is 17.2 Å². The molecule has 1 amide bonds. The van der Waals surface area contributed by atoms with E-state index < -0.39 is 12.1 Å². The lowest BCUT2D eigenvalue weighted by atomic mass is 9.90. The van der Waals surface area contributed by atoms with Gasteiger partial charge in [0.05, 0.1) is 46.3 Å². The monoisotopic (exact) mass is 611 g/mol. The van der Waals surface area contributed by atoms with Gasteiger partial charge in [0.1, 0.15) is 12.4 Å². The molecular weight excluding hydrogens is 574 g/mol. The van der Waals surface area contributed by atoms with Gasteiger partial charge in [0.2, 0.25) is 0 Å². The lowest BCUT2D eigenvalue weighted by Crippen LogP contribution is -2.39. The molecular formula is C36H37NO6S. The van der Waals surface area contributed by atoms with Gasteiger partial charge in [0.15, 0.2) is 11.5 Å². The lowest BCUT2D eigenvalue weighted by molar-refractivity contribution is 0.0925. The minimum absolute atomic E-state index is 0.185. The van der Waals surface area contributed by atoms with Crippen LogP contribution in [0.25, 0.3) is 6.08 Å². The highest BCUT2D eigenvalue weighted by atomic mass is 32.2. The molecule has 0 saturated heterocycles. The number of hydrogen-bond acceptors (Lipinski definition) is 7. The number of fused-ring (bicyclic) bond motifs is 1. The molecule has 1 heterocycles. The minimum atomic E-state index is -0.489. The second kappa shape index (κ2) is 14.9. The third-order valence-electron chi connectivity index (χ3n) is 7.45. The Bertz CT molecular complexity index is 1580. The zero-order chi connectivity index (χ0) is 30.9. The van der Waals surface area contributed by atoms with Crippen LogP contribution in [-0.4, -0.2) is 44.7 Å². The predicted molar refractivity (Wildman–Crippen MR) is 173 cm³/mol. The van der Waals surface area contributed by atoms with Gasteiger partial charge in [-0.1, -0.05) is 78.9 Å². The van der Waals surface area contributed by atoms with Crippen LogP contribution in [0.15, 0.2) is 102 Å². The van der Waals surface area contributed by atoms with E-state index in [0.717, 1.165) is 32.7 Å². The fourth-order valence-electron chi connectivity index (χ4n) is 5.42. The van der Waals surface area contributed by atoms with Gasteiger partial charge in [0.25, 0.3) is 0 Å². The van der Waals surface area contributed by atoms with E-state index in [1.807, 2.05) is 91.9 Å². The third kappa shape index (κ3) is 6.87. The van der Waals surface area contributed by atoms with E-state index in [0.29, 0.717) is 41.9 Å². The second-order valence-corrected chi connectivity index (χ2v) is 11.3. The number of nitrogens with zero attached hydrogens (tertiary/aromatic N) is 1. The summed E-state index contributed by atoms with van der Waals surface area (Å²) in [6.07, 6.45) is 1.46. The van der Waals surface area contributed by atoms with Gasteiger partial charge >= 0.3 is 6.09 Å². The molecule has 0 saturated carbocycles. The van der Waals surface area contributed by atoms with E-state index >= 15 is 0 Å². The number of rotatable bonds is 12. The number of ether oxygens (including phenoxy) is 5. The summed E-state index contributed by atoms with van der Waals surface area (Å²) in [6, 6.07) is 29.5. The quantitative estimate of drug-likeness (QED) is 0.150. The Kier molecular flexibility index (Phi) is 10.5. The molecule has 0 radical (unpaired) electrons. The molecule has 4 aromatic rings. The largest absolute Gasteiger partial charge is 0.496 e. The van der Waals surface area contributed by atoms with Crippen molar-refractivity contribution in [3.63, 3.8) is 0 Å². The summed E-state index contributed by atoms with van der Waals surface area (Å²) >= 11 is 1.64. The van der Waals surface area contributed by atoms with Gasteiger partial charge in [-0.3, -0.25) is 4.90 Å². The molecule has 228 valence electrons. The van der Waals surface area contributed by atoms with Crippen molar-refractivity contribution >= 4 is 23.9 Å². The molecule has 0 spiro atoms. The van der Waals surface area contributed by atoms with Gasteiger partial charge in [-0.05, 0) is 36.3 Å². The van der Waals surface area contributed by atoms with Crippen LogP contribution < -0.4 is 14.2 Å². The van der Waals surface area contributed by atoms with Crippen molar-refractivity contribution in [2.75, 3.05) is 33.7 Å². The molecule has 0 fully saturated rings.